The number of rotatable bonds is 9. The minimum Gasteiger partial charge on any atom is -0.481 e. The highest BCUT2D eigenvalue weighted by Crippen LogP contribution is 2.23. The molecule has 9 heteroatoms. The van der Waals surface area contributed by atoms with Gasteiger partial charge in [-0.2, -0.15) is 0 Å². The smallest absolute Gasteiger partial charge is 0.341 e. The molecule has 0 saturated heterocycles. The van der Waals surface area contributed by atoms with Crippen LogP contribution in [0.1, 0.15) is 23.1 Å². The van der Waals surface area contributed by atoms with Crippen LogP contribution in [0, 0.1) is 18.8 Å². The van der Waals surface area contributed by atoms with Crippen molar-refractivity contribution in [3.05, 3.63) is 58.1 Å². The molecular formula is C23H27ClN2O5S. The number of carboxylic acids is 1. The molecule has 0 heterocycles. The zero-order chi connectivity index (χ0) is 23.9. The predicted octanol–water partition coefficient (Wildman–Crippen LogP) is 3.08. The molecule has 0 amide bonds. The molecule has 2 aromatic rings. The van der Waals surface area contributed by atoms with E-state index in [1.807, 2.05) is 25.9 Å². The van der Waals surface area contributed by atoms with E-state index < -0.39 is 22.6 Å². The second kappa shape index (κ2) is 11.3. The molecule has 0 radical (unpaired) electrons. The fraction of sp³-hybridized carbons (Fsp3) is 0.348. The second-order valence-corrected chi connectivity index (χ2v) is 10.0. The van der Waals surface area contributed by atoms with Crippen LogP contribution in [0.4, 0.5) is 0 Å². The molecule has 0 bridgehead atoms. The lowest BCUT2D eigenvalue weighted by molar-refractivity contribution is -0.139. The first-order valence-corrected chi connectivity index (χ1v) is 11.7. The fourth-order valence-electron chi connectivity index (χ4n) is 2.81. The summed E-state index contributed by atoms with van der Waals surface area (Å²) in [6, 6.07) is 9.52. The van der Waals surface area contributed by atoms with Gasteiger partial charge in [-0.3, -0.25) is 0 Å². The highest BCUT2D eigenvalue weighted by atomic mass is 35.5. The fourth-order valence-corrected chi connectivity index (χ4v) is 4.21. The van der Waals surface area contributed by atoms with Gasteiger partial charge in [0.2, 0.25) is 10.0 Å². The van der Waals surface area contributed by atoms with Crippen molar-refractivity contribution in [1.29, 1.82) is 0 Å². The van der Waals surface area contributed by atoms with Crippen LogP contribution in [0.5, 0.6) is 5.75 Å². The standard InChI is InChI=1S/C23H27ClN2O5S/c1-17-6-10-21(32(29,30)26(4)13-5-12-25(2)3)15-18(17)7-8-19-14-20(24)9-11-22(19)31-16-23(27)28/h6,9-11,14-15H,5,12-13,16H2,1-4H3,(H,27,28). The quantitative estimate of drug-likeness (QED) is 0.557. The Morgan fingerprint density at radius 3 is 2.41 bits per heavy atom. The summed E-state index contributed by atoms with van der Waals surface area (Å²) in [6.45, 7) is 2.52. The van der Waals surface area contributed by atoms with Crippen LogP contribution in [0.25, 0.3) is 0 Å². The minimum absolute atomic E-state index is 0.160. The monoisotopic (exact) mass is 478 g/mol. The van der Waals surface area contributed by atoms with Gasteiger partial charge in [-0.05, 0) is 69.9 Å². The number of ether oxygens (including phenoxy) is 1. The molecule has 172 valence electrons. The number of hydrogen-bond donors (Lipinski definition) is 1. The molecule has 0 aromatic heterocycles. The van der Waals surface area contributed by atoms with Crippen molar-refractivity contribution < 1.29 is 23.1 Å². The number of sulfonamides is 1. The van der Waals surface area contributed by atoms with E-state index in [-0.39, 0.29) is 10.6 Å². The van der Waals surface area contributed by atoms with Gasteiger partial charge < -0.3 is 14.7 Å². The Kier molecular flexibility index (Phi) is 9.10. The second-order valence-electron chi connectivity index (χ2n) is 7.53. The van der Waals surface area contributed by atoms with Crippen molar-refractivity contribution in [1.82, 2.24) is 9.21 Å². The third-order valence-corrected chi connectivity index (χ3v) is 6.71. The number of carboxylic acid groups (broad SMARTS) is 1. The van der Waals surface area contributed by atoms with E-state index >= 15 is 0 Å². The number of aryl methyl sites for hydroxylation is 1. The lowest BCUT2D eigenvalue weighted by Gasteiger charge is -2.19. The summed E-state index contributed by atoms with van der Waals surface area (Å²) in [7, 11) is 1.79. The summed E-state index contributed by atoms with van der Waals surface area (Å²) in [5.41, 5.74) is 1.76. The summed E-state index contributed by atoms with van der Waals surface area (Å²) in [5.74, 6) is 5.07. The van der Waals surface area contributed by atoms with Gasteiger partial charge in [-0.15, -0.1) is 0 Å². The summed E-state index contributed by atoms with van der Waals surface area (Å²) >= 11 is 6.05. The number of hydrogen-bond acceptors (Lipinski definition) is 5. The topological polar surface area (TPSA) is 87.2 Å². The van der Waals surface area contributed by atoms with Gasteiger partial charge in [0.05, 0.1) is 10.5 Å². The molecule has 0 aliphatic heterocycles. The van der Waals surface area contributed by atoms with Crippen LogP contribution in [0.2, 0.25) is 5.02 Å². The predicted molar refractivity (Wildman–Crippen MR) is 125 cm³/mol. The van der Waals surface area contributed by atoms with E-state index in [0.717, 1.165) is 18.5 Å². The van der Waals surface area contributed by atoms with E-state index in [2.05, 4.69) is 11.8 Å². The maximum atomic E-state index is 13.0. The molecule has 0 unspecified atom stereocenters. The molecule has 0 aliphatic rings. The van der Waals surface area contributed by atoms with Crippen LogP contribution in [0.3, 0.4) is 0 Å². The van der Waals surface area contributed by atoms with E-state index in [0.29, 0.717) is 22.7 Å². The van der Waals surface area contributed by atoms with Crippen LogP contribution in [-0.2, 0) is 14.8 Å². The van der Waals surface area contributed by atoms with Crippen molar-refractivity contribution in [3.8, 4) is 17.6 Å². The Morgan fingerprint density at radius 1 is 1.06 bits per heavy atom. The maximum Gasteiger partial charge on any atom is 0.341 e. The van der Waals surface area contributed by atoms with Gasteiger partial charge in [-0.25, -0.2) is 17.5 Å². The Balaban J connectivity index is 2.33. The van der Waals surface area contributed by atoms with Crippen LogP contribution in [0.15, 0.2) is 41.3 Å². The van der Waals surface area contributed by atoms with Gasteiger partial charge in [0.15, 0.2) is 6.61 Å². The van der Waals surface area contributed by atoms with Gasteiger partial charge >= 0.3 is 5.97 Å². The Morgan fingerprint density at radius 2 is 1.75 bits per heavy atom. The van der Waals surface area contributed by atoms with Gasteiger partial charge in [0, 0.05) is 24.2 Å². The molecule has 0 saturated carbocycles. The van der Waals surface area contributed by atoms with E-state index in [9.17, 15) is 13.2 Å². The zero-order valence-corrected chi connectivity index (χ0v) is 20.1. The first-order chi connectivity index (χ1) is 15.0. The molecule has 7 nitrogen and oxygen atoms in total. The summed E-state index contributed by atoms with van der Waals surface area (Å²) in [6.07, 6.45) is 0.717. The number of carbonyl (C=O) groups is 1. The van der Waals surface area contributed by atoms with E-state index in [1.54, 1.807) is 43.4 Å². The van der Waals surface area contributed by atoms with Gasteiger partial charge in [0.25, 0.3) is 0 Å². The average molecular weight is 479 g/mol. The van der Waals surface area contributed by atoms with E-state index in [4.69, 9.17) is 21.4 Å². The number of nitrogens with zero attached hydrogens (tertiary/aromatic N) is 2. The van der Waals surface area contributed by atoms with Crippen LogP contribution in [-0.4, -0.2) is 69.5 Å². The molecule has 1 N–H and O–H groups in total. The van der Waals surface area contributed by atoms with Crippen molar-refractivity contribution in [2.75, 3.05) is 40.8 Å². The molecule has 32 heavy (non-hydrogen) atoms. The summed E-state index contributed by atoms with van der Waals surface area (Å²) in [5, 5.41) is 9.27. The van der Waals surface area contributed by atoms with Crippen molar-refractivity contribution in [2.45, 2.75) is 18.2 Å². The number of halogens is 1. The Hall–Kier alpha value is -2.57. The van der Waals surface area contributed by atoms with Crippen molar-refractivity contribution in [3.63, 3.8) is 0 Å². The normalized spacial score (nSPS) is 11.3. The van der Waals surface area contributed by atoms with Crippen LogP contribution >= 0.6 is 11.6 Å². The Bertz CT molecular complexity index is 1140. The highest BCUT2D eigenvalue weighted by Gasteiger charge is 2.21. The molecule has 0 spiro atoms. The van der Waals surface area contributed by atoms with Gasteiger partial charge in [-0.1, -0.05) is 29.5 Å². The lowest BCUT2D eigenvalue weighted by atomic mass is 10.1. The van der Waals surface area contributed by atoms with Crippen molar-refractivity contribution in [2.24, 2.45) is 0 Å². The summed E-state index contributed by atoms with van der Waals surface area (Å²) < 4.78 is 32.5. The first-order valence-electron chi connectivity index (χ1n) is 9.88. The minimum atomic E-state index is -3.66. The SMILES string of the molecule is Cc1ccc(S(=O)(=O)N(C)CCCN(C)C)cc1C#Cc1cc(Cl)ccc1OCC(=O)O. The van der Waals surface area contributed by atoms with E-state index in [1.165, 1.54) is 4.31 Å². The third-order valence-electron chi connectivity index (χ3n) is 4.62. The molecule has 2 aromatic carbocycles. The maximum absolute atomic E-state index is 13.0. The molecule has 0 atom stereocenters. The lowest BCUT2D eigenvalue weighted by Crippen LogP contribution is -2.30. The molecule has 0 fully saturated rings. The number of benzene rings is 2. The first kappa shape index (κ1) is 25.7. The van der Waals surface area contributed by atoms with Gasteiger partial charge in [0.1, 0.15) is 5.75 Å². The number of aliphatic carboxylic acids is 1. The molecule has 2 rings (SSSR count). The third kappa shape index (κ3) is 7.24. The van der Waals surface area contributed by atoms with Crippen molar-refractivity contribution >= 4 is 27.6 Å². The molecule has 0 aliphatic carbocycles. The highest BCUT2D eigenvalue weighted by molar-refractivity contribution is 7.89. The largest absolute Gasteiger partial charge is 0.481 e. The molecular weight excluding hydrogens is 452 g/mol. The average Bonchev–Trinajstić information content (AvgIpc) is 2.71. The zero-order valence-electron chi connectivity index (χ0n) is 18.6. The Labute approximate surface area is 194 Å². The van der Waals surface area contributed by atoms with Crippen LogP contribution < -0.4 is 4.74 Å². The summed E-state index contributed by atoms with van der Waals surface area (Å²) in [4.78, 5) is 13.0.